The zero-order chi connectivity index (χ0) is 22.8. The van der Waals surface area contributed by atoms with Gasteiger partial charge in [0.25, 0.3) is 5.91 Å². The molecule has 3 heterocycles. The Morgan fingerprint density at radius 3 is 2.47 bits per heavy atom. The van der Waals surface area contributed by atoms with Crippen molar-refractivity contribution in [1.29, 1.82) is 0 Å². The number of para-hydroxylation sites is 1. The summed E-state index contributed by atoms with van der Waals surface area (Å²) in [4.78, 5) is 24.2. The minimum Gasteiger partial charge on any atom is -0.461 e. The molecular formula is C24H25N5O2S. The van der Waals surface area contributed by atoms with Gasteiger partial charge in [0.1, 0.15) is 5.03 Å². The molecule has 0 aliphatic heterocycles. The van der Waals surface area contributed by atoms with Gasteiger partial charge in [-0.1, -0.05) is 18.2 Å². The first-order chi connectivity index (χ1) is 15.4. The summed E-state index contributed by atoms with van der Waals surface area (Å²) in [6.07, 6.45) is 3.49. The maximum absolute atomic E-state index is 13.4. The first-order valence-corrected chi connectivity index (χ1v) is 11.5. The second-order valence-electron chi connectivity index (χ2n) is 7.55. The average Bonchev–Trinajstić information content (AvgIpc) is 3.43. The van der Waals surface area contributed by atoms with Crippen molar-refractivity contribution in [2.45, 2.75) is 32.3 Å². The molecule has 0 saturated heterocycles. The Bertz CT molecular complexity index is 1250. The van der Waals surface area contributed by atoms with E-state index in [1.807, 2.05) is 68.1 Å². The second-order valence-corrected chi connectivity index (χ2v) is 8.35. The lowest BCUT2D eigenvalue weighted by Crippen LogP contribution is -2.28. The van der Waals surface area contributed by atoms with Crippen molar-refractivity contribution in [3.05, 3.63) is 76.9 Å². The molecule has 1 amide bonds. The van der Waals surface area contributed by atoms with Gasteiger partial charge in [-0.05, 0) is 51.3 Å². The number of thioether (sulfide) groups is 1. The van der Waals surface area contributed by atoms with Crippen LogP contribution in [-0.4, -0.2) is 43.9 Å². The summed E-state index contributed by atoms with van der Waals surface area (Å²) in [5.41, 5.74) is 5.08. The van der Waals surface area contributed by atoms with Gasteiger partial charge in [-0.25, -0.2) is 14.6 Å². The number of nitrogens with zero attached hydrogens (tertiary/aromatic N) is 5. The van der Waals surface area contributed by atoms with E-state index < -0.39 is 0 Å². The summed E-state index contributed by atoms with van der Waals surface area (Å²) in [6, 6.07) is 13.6. The quantitative estimate of drug-likeness (QED) is 0.311. The summed E-state index contributed by atoms with van der Waals surface area (Å²) in [6.45, 7) is 6.27. The van der Waals surface area contributed by atoms with Crippen molar-refractivity contribution in [1.82, 2.24) is 24.6 Å². The van der Waals surface area contributed by atoms with E-state index in [1.165, 1.54) is 11.8 Å². The largest absolute Gasteiger partial charge is 0.461 e. The van der Waals surface area contributed by atoms with Crippen LogP contribution in [0.4, 0.5) is 0 Å². The number of carbonyl (C=O) groups excluding carboxylic acids is 1. The molecule has 164 valence electrons. The number of benzene rings is 1. The summed E-state index contributed by atoms with van der Waals surface area (Å²) < 4.78 is 7.35. The van der Waals surface area contributed by atoms with Gasteiger partial charge in [-0.15, -0.1) is 11.8 Å². The Balaban J connectivity index is 1.63. The molecular weight excluding hydrogens is 422 g/mol. The normalized spacial score (nSPS) is 11.0. The molecule has 4 aromatic rings. The van der Waals surface area contributed by atoms with Crippen LogP contribution in [0.3, 0.4) is 0 Å². The van der Waals surface area contributed by atoms with Crippen molar-refractivity contribution in [3.8, 4) is 17.3 Å². The lowest BCUT2D eigenvalue weighted by atomic mass is 10.1. The molecule has 3 aromatic heterocycles. The third kappa shape index (κ3) is 4.05. The van der Waals surface area contributed by atoms with Crippen molar-refractivity contribution in [2.75, 3.05) is 13.3 Å². The average molecular weight is 448 g/mol. The van der Waals surface area contributed by atoms with E-state index in [-0.39, 0.29) is 5.91 Å². The Morgan fingerprint density at radius 1 is 1.06 bits per heavy atom. The van der Waals surface area contributed by atoms with E-state index >= 15 is 0 Å². The Morgan fingerprint density at radius 2 is 1.81 bits per heavy atom. The molecule has 0 fully saturated rings. The highest BCUT2D eigenvalue weighted by atomic mass is 32.2. The van der Waals surface area contributed by atoms with Crippen LogP contribution in [0.2, 0.25) is 0 Å². The summed E-state index contributed by atoms with van der Waals surface area (Å²) in [5.74, 6) is 0.936. The predicted molar refractivity (Wildman–Crippen MR) is 125 cm³/mol. The molecule has 0 radical (unpaired) electrons. The van der Waals surface area contributed by atoms with Crippen LogP contribution in [0.1, 0.15) is 33.0 Å². The molecule has 4 rings (SSSR count). The lowest BCUT2D eigenvalue weighted by Gasteiger charge is -2.20. The predicted octanol–water partition coefficient (Wildman–Crippen LogP) is 4.84. The van der Waals surface area contributed by atoms with Crippen LogP contribution in [0, 0.1) is 20.8 Å². The zero-order valence-electron chi connectivity index (χ0n) is 18.8. The summed E-state index contributed by atoms with van der Waals surface area (Å²) in [7, 11) is 1.80. The molecule has 0 atom stereocenters. The van der Waals surface area contributed by atoms with Crippen molar-refractivity contribution in [2.24, 2.45) is 0 Å². The van der Waals surface area contributed by atoms with Gasteiger partial charge in [-0.3, -0.25) is 4.79 Å². The van der Waals surface area contributed by atoms with Gasteiger partial charge < -0.3 is 9.32 Å². The molecule has 1 aromatic carbocycles. The number of aryl methyl sites for hydroxylation is 2. The van der Waals surface area contributed by atoms with Gasteiger partial charge in [-0.2, -0.15) is 5.10 Å². The maximum atomic E-state index is 13.4. The van der Waals surface area contributed by atoms with E-state index in [0.717, 1.165) is 22.6 Å². The zero-order valence-corrected chi connectivity index (χ0v) is 19.6. The van der Waals surface area contributed by atoms with E-state index in [9.17, 15) is 4.79 Å². The molecule has 8 heteroatoms. The smallest absolute Gasteiger partial charge is 0.258 e. The van der Waals surface area contributed by atoms with Crippen LogP contribution < -0.4 is 0 Å². The Kier molecular flexibility index (Phi) is 6.14. The van der Waals surface area contributed by atoms with Gasteiger partial charge >= 0.3 is 0 Å². The number of amides is 1. The highest BCUT2D eigenvalue weighted by Crippen LogP contribution is 2.27. The van der Waals surface area contributed by atoms with Crippen LogP contribution in [0.5, 0.6) is 0 Å². The topological polar surface area (TPSA) is 77.1 Å². The third-order valence-corrected chi connectivity index (χ3v) is 6.07. The van der Waals surface area contributed by atoms with Gasteiger partial charge in [0.2, 0.25) is 0 Å². The summed E-state index contributed by atoms with van der Waals surface area (Å²) >= 11 is 1.42. The van der Waals surface area contributed by atoms with Crippen molar-refractivity contribution < 1.29 is 9.21 Å². The lowest BCUT2D eigenvalue weighted by molar-refractivity contribution is 0.0779. The summed E-state index contributed by atoms with van der Waals surface area (Å²) in [5, 5.41) is 5.33. The first-order valence-electron chi connectivity index (χ1n) is 10.2. The highest BCUT2D eigenvalue weighted by molar-refractivity contribution is 7.98. The number of rotatable bonds is 6. The second kappa shape index (κ2) is 9.00. The number of aromatic nitrogens is 4. The van der Waals surface area contributed by atoms with E-state index in [0.29, 0.717) is 34.4 Å². The fourth-order valence-electron chi connectivity index (χ4n) is 3.68. The fourth-order valence-corrected chi connectivity index (χ4v) is 4.30. The van der Waals surface area contributed by atoms with E-state index in [1.54, 1.807) is 24.3 Å². The third-order valence-electron chi connectivity index (χ3n) is 5.39. The molecule has 7 nitrogen and oxygen atoms in total. The Hall–Kier alpha value is -3.39. The van der Waals surface area contributed by atoms with E-state index in [2.05, 4.69) is 9.97 Å². The van der Waals surface area contributed by atoms with Gasteiger partial charge in [0.15, 0.2) is 11.6 Å². The number of furan rings is 1. The van der Waals surface area contributed by atoms with Crippen molar-refractivity contribution >= 4 is 17.7 Å². The standard InChI is InChI=1S/C24H25N5O2S/c1-15-19(17(3)29(27-15)18-10-7-6-8-11-18)14-28(4)24(30)21-16(2)25-22(26-23(21)32-5)20-12-9-13-31-20/h6-13H,14H2,1-5H3. The SMILES string of the molecule is CSc1nc(-c2ccco2)nc(C)c1C(=O)N(C)Cc1c(C)nn(-c2ccccc2)c1C. The van der Waals surface area contributed by atoms with E-state index in [4.69, 9.17) is 9.52 Å². The van der Waals surface area contributed by atoms with Crippen LogP contribution in [0.25, 0.3) is 17.3 Å². The maximum Gasteiger partial charge on any atom is 0.258 e. The number of carbonyl (C=O) groups is 1. The monoisotopic (exact) mass is 447 g/mol. The fraction of sp³-hybridized carbons (Fsp3) is 0.250. The van der Waals surface area contributed by atoms with Crippen LogP contribution >= 0.6 is 11.8 Å². The molecule has 0 aliphatic carbocycles. The number of hydrogen-bond donors (Lipinski definition) is 0. The molecule has 0 saturated carbocycles. The Labute approximate surface area is 191 Å². The van der Waals surface area contributed by atoms with Crippen LogP contribution in [0.15, 0.2) is 58.2 Å². The first kappa shape index (κ1) is 21.8. The van der Waals surface area contributed by atoms with Gasteiger partial charge in [0.05, 0.1) is 28.9 Å². The molecule has 0 aliphatic rings. The van der Waals surface area contributed by atoms with Crippen molar-refractivity contribution in [3.63, 3.8) is 0 Å². The minimum absolute atomic E-state index is 0.121. The molecule has 0 unspecified atom stereocenters. The highest BCUT2D eigenvalue weighted by Gasteiger charge is 2.24. The van der Waals surface area contributed by atoms with Gasteiger partial charge in [0, 0.05) is 24.8 Å². The minimum atomic E-state index is -0.121. The van der Waals surface area contributed by atoms with Crippen LogP contribution in [-0.2, 0) is 6.54 Å². The molecule has 0 N–H and O–H groups in total. The molecule has 0 spiro atoms. The molecule has 0 bridgehead atoms. The number of hydrogen-bond acceptors (Lipinski definition) is 6. The molecule has 32 heavy (non-hydrogen) atoms.